The molecule has 4 N–H and O–H groups in total. The van der Waals surface area contributed by atoms with Gasteiger partial charge >= 0.3 is 23.9 Å². The van der Waals surface area contributed by atoms with Crippen molar-refractivity contribution in [3.8, 4) is 11.5 Å². The Hall–Kier alpha value is -5.65. The molecule has 2 aliphatic heterocycles. The highest BCUT2D eigenvalue weighted by Gasteiger charge is 2.47. The first kappa shape index (κ1) is 60.4. The second kappa shape index (κ2) is 27.9. The smallest absolute Gasteiger partial charge is 0.348 e. The number of piperidine rings is 2. The third kappa shape index (κ3) is 14.7. The molecule has 9 rings (SSSR count). The quantitative estimate of drug-likeness (QED) is 0.0216. The van der Waals surface area contributed by atoms with E-state index in [-0.39, 0.29) is 33.9 Å². The van der Waals surface area contributed by atoms with E-state index in [1.54, 1.807) is 36.4 Å². The third-order valence-corrected chi connectivity index (χ3v) is 18.9. The van der Waals surface area contributed by atoms with Crippen LogP contribution < -0.4 is 24.8 Å². The minimum atomic E-state index is -1.37. The molecule has 0 bridgehead atoms. The molecule has 17 nitrogen and oxygen atoms in total. The zero-order valence-corrected chi connectivity index (χ0v) is 49.0. The molecule has 80 heavy (non-hydrogen) atoms. The van der Waals surface area contributed by atoms with E-state index in [0.717, 1.165) is 90.5 Å². The number of carboxylic acids is 1. The maximum absolute atomic E-state index is 13.9. The van der Waals surface area contributed by atoms with Gasteiger partial charge in [-0.05, 0) is 155 Å². The number of aryl methyl sites for hydroxylation is 1. The number of ether oxygens (including phenoxy) is 5. The number of rotatable bonds is 22. The van der Waals surface area contributed by atoms with Crippen LogP contribution >= 0.6 is 57.2 Å². The highest BCUT2D eigenvalue weighted by atomic mass is 35.5. The van der Waals surface area contributed by atoms with Gasteiger partial charge in [0.05, 0.1) is 34.0 Å². The van der Waals surface area contributed by atoms with Crippen molar-refractivity contribution in [2.75, 3.05) is 74.3 Å². The molecule has 6 heterocycles. The highest BCUT2D eigenvalue weighted by Crippen LogP contribution is 2.40. The molecule has 0 spiro atoms. The molecule has 0 radical (unpaired) electrons. The fraction of sp³-hybridized carbons (Fsp3) is 0.431. The molecule has 4 aromatic heterocycles. The van der Waals surface area contributed by atoms with Crippen molar-refractivity contribution in [3.05, 3.63) is 159 Å². The Kier molecular flexibility index (Phi) is 21.1. The van der Waals surface area contributed by atoms with Gasteiger partial charge in [-0.15, -0.1) is 34.0 Å². The number of aromatic carboxylic acids is 1. The van der Waals surface area contributed by atoms with Crippen molar-refractivity contribution in [2.45, 2.75) is 75.2 Å². The summed E-state index contributed by atoms with van der Waals surface area (Å²) in [4.78, 5) is 59.3. The van der Waals surface area contributed by atoms with Gasteiger partial charge in [0.2, 0.25) is 0 Å². The van der Waals surface area contributed by atoms with E-state index in [1.807, 2.05) is 35.7 Å². The van der Waals surface area contributed by atoms with Crippen LogP contribution in [0, 0.1) is 17.0 Å². The van der Waals surface area contributed by atoms with Gasteiger partial charge in [-0.25, -0.2) is 19.2 Å². The second-order valence-electron chi connectivity index (χ2n) is 20.3. The maximum Gasteiger partial charge on any atom is 0.348 e. The second-order valence-corrected chi connectivity index (χ2v) is 24.4. The summed E-state index contributed by atoms with van der Waals surface area (Å²) in [5.41, 5.74) is 0.786. The predicted octanol–water partition coefficient (Wildman–Crippen LogP) is 9.03. The number of aliphatic hydroxyl groups is 1. The third-order valence-electron chi connectivity index (χ3n) is 15.0. The number of fused-ring (bicyclic) bond motifs is 1. The lowest BCUT2D eigenvalue weighted by atomic mass is 9.91. The van der Waals surface area contributed by atoms with E-state index in [0.29, 0.717) is 75.1 Å². The van der Waals surface area contributed by atoms with Crippen LogP contribution in [0.4, 0.5) is 0 Å². The molecular formula is C58H67Cl2N5O12S3. The number of aliphatic hydroxyl groups excluding tert-OH is 1. The summed E-state index contributed by atoms with van der Waals surface area (Å²) in [5, 5.41) is 40.0. The summed E-state index contributed by atoms with van der Waals surface area (Å²) in [5.74, 6) is -0.655. The average molecular weight is 1190 g/mol. The van der Waals surface area contributed by atoms with Gasteiger partial charge in [0.1, 0.15) is 31.4 Å². The highest BCUT2D eigenvalue weighted by molar-refractivity contribution is 7.14. The molecule has 6 aromatic rings. The van der Waals surface area contributed by atoms with Gasteiger partial charge in [0.15, 0.2) is 29.4 Å². The zero-order valence-electron chi connectivity index (χ0n) is 45.1. The van der Waals surface area contributed by atoms with Crippen molar-refractivity contribution in [1.82, 2.24) is 20.4 Å². The van der Waals surface area contributed by atoms with E-state index in [1.165, 1.54) is 55.4 Å². The summed E-state index contributed by atoms with van der Waals surface area (Å²) in [7, 11) is 7.25. The number of carbonyl (C=O) groups excluding carboxylic acids is 3. The number of carbonyl (C=O) groups is 4. The van der Waals surface area contributed by atoms with Crippen LogP contribution in [0.2, 0.25) is 10.0 Å². The molecule has 2 fully saturated rings. The van der Waals surface area contributed by atoms with Crippen LogP contribution in [0.5, 0.6) is 11.5 Å². The topological polar surface area (TPSA) is 212 Å². The van der Waals surface area contributed by atoms with Gasteiger partial charge < -0.3 is 48.9 Å². The van der Waals surface area contributed by atoms with E-state index in [9.17, 15) is 29.5 Å². The van der Waals surface area contributed by atoms with Crippen molar-refractivity contribution in [3.63, 3.8) is 0 Å². The average Bonchev–Trinajstić information content (AvgIpc) is 4.37. The number of methoxy groups -OCH3 is 2. The Balaban J connectivity index is 0.000000245. The van der Waals surface area contributed by atoms with Gasteiger partial charge in [0.25, 0.3) is 0 Å². The van der Waals surface area contributed by atoms with Gasteiger partial charge in [-0.1, -0.05) is 59.6 Å². The van der Waals surface area contributed by atoms with Gasteiger partial charge in [-0.3, -0.25) is 10.6 Å². The SMILES string of the molecule is CN1CCC(COC(=O)C(CO)(NCc2ccc(C(=O)O)s2)c2cccs2)CC1.COc1ccc([C@H](Cc2c(Cl)c[n+]([O-])cc2Cl)OC(=O)c2ccc(CNC3(C(=O)OCC4CCN(C)CC4)CCc4ccccc43)s2)cc1OC. The van der Waals surface area contributed by atoms with E-state index in [4.69, 9.17) is 52.0 Å². The lowest BCUT2D eigenvalue weighted by Gasteiger charge is -2.32. The van der Waals surface area contributed by atoms with E-state index in [2.05, 4.69) is 40.6 Å². The van der Waals surface area contributed by atoms with Crippen LogP contribution in [0.3, 0.4) is 0 Å². The Bertz CT molecular complexity index is 3050. The number of thiophene rings is 3. The lowest BCUT2D eigenvalue weighted by Crippen LogP contribution is -2.52. The summed E-state index contributed by atoms with van der Waals surface area (Å²) >= 11 is 16.6. The molecule has 0 saturated carbocycles. The first-order valence-corrected chi connectivity index (χ1v) is 29.7. The Morgan fingerprint density at radius 1 is 0.812 bits per heavy atom. The number of esters is 3. The van der Waals surface area contributed by atoms with Crippen LogP contribution in [-0.4, -0.2) is 118 Å². The number of halogens is 2. The Morgan fingerprint density at radius 3 is 2.05 bits per heavy atom. The number of benzene rings is 2. The van der Waals surface area contributed by atoms with Crippen LogP contribution in [0.15, 0.2) is 96.6 Å². The normalized spacial score (nSPS) is 18.0. The molecule has 3 aliphatic rings. The molecular weight excluding hydrogens is 1130 g/mol. The summed E-state index contributed by atoms with van der Waals surface area (Å²) in [6, 6.07) is 23.7. The molecule has 1 aliphatic carbocycles. The number of pyridine rings is 1. The lowest BCUT2D eigenvalue weighted by molar-refractivity contribution is -0.605. The predicted molar refractivity (Wildman–Crippen MR) is 308 cm³/mol. The number of nitrogens with one attached hydrogen (secondary N) is 2. The van der Waals surface area contributed by atoms with E-state index >= 15 is 0 Å². The molecule has 2 aromatic carbocycles. The molecule has 3 atom stereocenters. The monoisotopic (exact) mass is 1190 g/mol. The van der Waals surface area contributed by atoms with Crippen molar-refractivity contribution in [2.24, 2.45) is 11.8 Å². The molecule has 22 heteroatoms. The molecule has 2 unspecified atom stereocenters. The molecule has 0 amide bonds. The maximum atomic E-state index is 13.9. The summed E-state index contributed by atoms with van der Waals surface area (Å²) in [6.45, 7) is 4.87. The van der Waals surface area contributed by atoms with Gasteiger partial charge in [-0.2, -0.15) is 4.73 Å². The fourth-order valence-corrected chi connectivity index (χ4v) is 13.3. The minimum Gasteiger partial charge on any atom is -0.619 e. The Labute approximate surface area is 487 Å². The summed E-state index contributed by atoms with van der Waals surface area (Å²) in [6.07, 6.45) is 6.99. The number of hydrogen-bond donors (Lipinski definition) is 4. The van der Waals surface area contributed by atoms with Crippen molar-refractivity contribution >= 4 is 81.1 Å². The Morgan fingerprint density at radius 2 is 1.44 bits per heavy atom. The number of nitrogens with zero attached hydrogens (tertiary/aromatic N) is 3. The zero-order chi connectivity index (χ0) is 57.0. The standard InChI is InChI=1S/C38H41Cl2N3O7S.C20H26N2O5S2/c1-42-16-13-24(14-17-42)23-49-37(45)38(15-12-25-6-4-5-7-29(25)38)41-20-27-9-11-35(51-27)36(44)50-33(19-28-30(39)21-43(46)22-31(28)40)26-8-10-32(47-2)34(18-26)48-3;1-22-8-6-14(7-9-22)12-27-19(26)20(13-23,17-3-2-10-28-17)21-11-15-4-5-16(29-15)18(24)25/h4-11,18,21-22,24,33,41H,12-17,19-20,23H2,1-3H3;2-5,10,14,21,23H,6-9,11-13H2,1H3,(H,24,25)/t33-,38?;/m0./s1. The number of likely N-dealkylation sites (tertiary alicyclic amines) is 2. The number of aromatic nitrogens is 1. The fourth-order valence-electron chi connectivity index (χ4n) is 10.2. The summed E-state index contributed by atoms with van der Waals surface area (Å²) < 4.78 is 29.2. The van der Waals surface area contributed by atoms with Gasteiger partial charge in [0, 0.05) is 39.7 Å². The molecule has 428 valence electrons. The van der Waals surface area contributed by atoms with Crippen molar-refractivity contribution in [1.29, 1.82) is 0 Å². The molecule has 2 saturated heterocycles. The van der Waals surface area contributed by atoms with Crippen LogP contribution in [0.25, 0.3) is 0 Å². The number of carboxylic acid groups (broad SMARTS) is 1. The first-order valence-electron chi connectivity index (χ1n) is 26.4. The van der Waals surface area contributed by atoms with Crippen molar-refractivity contribution < 1.29 is 57.8 Å². The number of hydrogen-bond acceptors (Lipinski definition) is 18. The van der Waals surface area contributed by atoms with Crippen LogP contribution in [-0.2, 0) is 60.8 Å². The first-order chi connectivity index (χ1) is 38.5. The van der Waals surface area contributed by atoms with E-state index < -0.39 is 41.7 Å². The minimum absolute atomic E-state index is 0.0983. The largest absolute Gasteiger partial charge is 0.619 e. The van der Waals surface area contributed by atoms with Crippen LogP contribution in [0.1, 0.15) is 94.4 Å².